The fourth-order valence-corrected chi connectivity index (χ4v) is 5.48. The van der Waals surface area contributed by atoms with Gasteiger partial charge in [0.05, 0.1) is 27.4 Å². The van der Waals surface area contributed by atoms with Crippen LogP contribution in [0.2, 0.25) is 0 Å². The van der Waals surface area contributed by atoms with Gasteiger partial charge in [0.2, 0.25) is 0 Å². The van der Waals surface area contributed by atoms with E-state index in [1.54, 1.807) is 6.07 Å². The molecular weight excluding hydrogens is 456 g/mol. The van der Waals surface area contributed by atoms with Crippen molar-refractivity contribution in [2.75, 3.05) is 17.1 Å². The molecule has 3 aromatic rings. The maximum Gasteiger partial charge on any atom is 0.296 e. The van der Waals surface area contributed by atoms with Gasteiger partial charge >= 0.3 is 0 Å². The molecule has 0 bridgehead atoms. The summed E-state index contributed by atoms with van der Waals surface area (Å²) >= 11 is 0. The molecule has 0 saturated carbocycles. The molecule has 0 aliphatic heterocycles. The molecule has 0 spiro atoms. The van der Waals surface area contributed by atoms with E-state index in [1.165, 1.54) is 48.5 Å². The van der Waals surface area contributed by atoms with Crippen LogP contribution in [0.5, 0.6) is 0 Å². The number of sulfonamides is 1. The quantitative estimate of drug-likeness (QED) is 0.338. The summed E-state index contributed by atoms with van der Waals surface area (Å²) in [4.78, 5) is 25.5. The molecule has 0 heterocycles. The minimum Gasteiger partial charge on any atom is -0.397 e. The van der Waals surface area contributed by atoms with Crippen molar-refractivity contribution < 1.29 is 31.0 Å². The number of nitrogens with two attached hydrogens (primary N) is 1. The molecule has 0 amide bonds. The van der Waals surface area contributed by atoms with Crippen molar-refractivity contribution in [2.45, 2.75) is 9.79 Å². The third kappa shape index (κ3) is 3.18. The fraction of sp³-hybridized carbons (Fsp3) is 0.0476. The Morgan fingerprint density at radius 2 is 1.31 bits per heavy atom. The second-order valence-electron chi connectivity index (χ2n) is 7.02. The lowest BCUT2D eigenvalue weighted by Gasteiger charge is -2.27. The van der Waals surface area contributed by atoms with Crippen molar-refractivity contribution in [1.82, 2.24) is 0 Å². The van der Waals surface area contributed by atoms with Crippen molar-refractivity contribution >= 4 is 43.1 Å². The molecule has 0 radical (unpaired) electrons. The van der Waals surface area contributed by atoms with Crippen LogP contribution in [-0.4, -0.2) is 40.0 Å². The van der Waals surface area contributed by atoms with Crippen LogP contribution in [0.3, 0.4) is 0 Å². The number of hydrogen-bond donors (Lipinski definition) is 2. The van der Waals surface area contributed by atoms with Gasteiger partial charge in [-0.05, 0) is 18.2 Å². The first-order chi connectivity index (χ1) is 15.0. The molecule has 0 atom stereocenters. The Kier molecular flexibility index (Phi) is 4.92. The van der Waals surface area contributed by atoms with E-state index in [-0.39, 0.29) is 21.6 Å². The van der Waals surface area contributed by atoms with Gasteiger partial charge in [-0.3, -0.25) is 18.4 Å². The second-order valence-corrected chi connectivity index (χ2v) is 10.4. The lowest BCUT2D eigenvalue weighted by atomic mass is 9.82. The Labute approximate surface area is 183 Å². The summed E-state index contributed by atoms with van der Waals surface area (Å²) in [5, 5.41) is 0. The zero-order valence-electron chi connectivity index (χ0n) is 16.5. The smallest absolute Gasteiger partial charge is 0.296 e. The predicted molar refractivity (Wildman–Crippen MR) is 116 cm³/mol. The van der Waals surface area contributed by atoms with Crippen LogP contribution in [0.25, 0.3) is 0 Å². The van der Waals surface area contributed by atoms with Gasteiger partial charge in [0.1, 0.15) is 4.90 Å². The first-order valence-corrected chi connectivity index (χ1v) is 12.0. The summed E-state index contributed by atoms with van der Waals surface area (Å²) in [5.74, 6) is -1.46. The van der Waals surface area contributed by atoms with Crippen molar-refractivity contribution in [3.63, 3.8) is 0 Å². The maximum absolute atomic E-state index is 13.3. The Bertz CT molecular complexity index is 1510. The Morgan fingerprint density at radius 1 is 0.812 bits per heavy atom. The molecule has 3 N–H and O–H groups in total. The van der Waals surface area contributed by atoms with Gasteiger partial charge in [-0.2, -0.15) is 8.42 Å². The zero-order valence-corrected chi connectivity index (χ0v) is 18.1. The molecule has 32 heavy (non-hydrogen) atoms. The fourth-order valence-electron chi connectivity index (χ4n) is 3.62. The number of hydrogen-bond acceptors (Lipinski definition) is 7. The highest BCUT2D eigenvalue weighted by Crippen LogP contribution is 2.41. The van der Waals surface area contributed by atoms with E-state index < -0.39 is 53.5 Å². The molecule has 0 unspecified atom stereocenters. The summed E-state index contributed by atoms with van der Waals surface area (Å²) in [6.45, 7) is 0. The number of carbonyl (C=O) groups is 2. The third-order valence-electron chi connectivity index (χ3n) is 5.20. The normalized spacial score (nSPS) is 13.4. The van der Waals surface area contributed by atoms with Crippen LogP contribution in [0, 0.1) is 0 Å². The van der Waals surface area contributed by atoms with Gasteiger partial charge in [-0.15, -0.1) is 0 Å². The summed E-state index contributed by atoms with van der Waals surface area (Å²) in [5.41, 5.74) is 4.05. The van der Waals surface area contributed by atoms with Crippen LogP contribution in [0.4, 0.5) is 11.4 Å². The Balaban J connectivity index is 2.09. The van der Waals surface area contributed by atoms with Crippen LogP contribution in [0.1, 0.15) is 31.8 Å². The lowest BCUT2D eigenvalue weighted by molar-refractivity contribution is 0.0980. The predicted octanol–water partition coefficient (Wildman–Crippen LogP) is 2.12. The van der Waals surface area contributed by atoms with Crippen molar-refractivity contribution in [1.29, 1.82) is 0 Å². The van der Waals surface area contributed by atoms with Crippen molar-refractivity contribution in [2.24, 2.45) is 0 Å². The summed E-state index contributed by atoms with van der Waals surface area (Å²) in [6, 6.07) is 13.9. The third-order valence-corrected chi connectivity index (χ3v) is 7.88. The summed E-state index contributed by atoms with van der Waals surface area (Å²) in [7, 11) is -8.12. The van der Waals surface area contributed by atoms with Gasteiger partial charge in [-0.25, -0.2) is 8.42 Å². The molecule has 11 heteroatoms. The van der Waals surface area contributed by atoms with Crippen molar-refractivity contribution in [3.8, 4) is 0 Å². The molecule has 0 aromatic heterocycles. The van der Waals surface area contributed by atoms with Crippen LogP contribution in [-0.2, 0) is 20.1 Å². The Morgan fingerprint density at radius 3 is 1.84 bits per heavy atom. The molecule has 0 saturated heterocycles. The molecule has 4 rings (SSSR count). The number of anilines is 2. The van der Waals surface area contributed by atoms with E-state index in [0.717, 1.165) is 13.1 Å². The summed E-state index contributed by atoms with van der Waals surface area (Å²) < 4.78 is 60.7. The molecule has 0 fully saturated rings. The zero-order chi connectivity index (χ0) is 23.4. The minimum atomic E-state index is -4.96. The van der Waals surface area contributed by atoms with E-state index >= 15 is 0 Å². The van der Waals surface area contributed by atoms with Gasteiger partial charge in [0.25, 0.3) is 20.1 Å². The van der Waals surface area contributed by atoms with E-state index in [1.807, 2.05) is 0 Å². The molecule has 3 aromatic carbocycles. The van der Waals surface area contributed by atoms with Crippen LogP contribution in [0.15, 0.2) is 70.5 Å². The highest BCUT2D eigenvalue weighted by molar-refractivity contribution is 7.92. The van der Waals surface area contributed by atoms with E-state index in [9.17, 15) is 31.0 Å². The first-order valence-electron chi connectivity index (χ1n) is 9.12. The number of carbonyl (C=O) groups excluding carboxylic acids is 2. The topological polar surface area (TPSA) is 152 Å². The highest BCUT2D eigenvalue weighted by Gasteiger charge is 2.38. The average molecular weight is 473 g/mol. The number of nitrogen functional groups attached to an aromatic ring is 1. The van der Waals surface area contributed by atoms with Crippen LogP contribution >= 0.6 is 0 Å². The monoisotopic (exact) mass is 472 g/mol. The molecule has 1 aliphatic rings. The van der Waals surface area contributed by atoms with Gasteiger partial charge in [0, 0.05) is 18.2 Å². The summed E-state index contributed by atoms with van der Waals surface area (Å²) in [6.07, 6.45) is 0. The van der Waals surface area contributed by atoms with Gasteiger partial charge in [0.15, 0.2) is 11.6 Å². The van der Waals surface area contributed by atoms with Gasteiger partial charge in [-0.1, -0.05) is 42.5 Å². The van der Waals surface area contributed by atoms with Gasteiger partial charge < -0.3 is 5.73 Å². The number of fused-ring (bicyclic) bond motifs is 2. The molecule has 164 valence electrons. The van der Waals surface area contributed by atoms with E-state index in [4.69, 9.17) is 5.73 Å². The number of ketones is 2. The maximum atomic E-state index is 13.3. The number of benzene rings is 3. The second kappa shape index (κ2) is 7.26. The van der Waals surface area contributed by atoms with Crippen LogP contribution < -0.4 is 10.0 Å². The standard InChI is InChI=1S/C21H16N2O7S2/c1-23(31(26,27)12-7-3-2-4-8-12)15-11-16(32(28,29)30)19(22)18-17(15)20(24)13-9-5-6-10-14(13)21(18)25/h2-11H,22H2,1H3,(H,28,29,30). The highest BCUT2D eigenvalue weighted by atomic mass is 32.2. The SMILES string of the molecule is CN(c1cc(S(=O)(=O)O)c(N)c2c1C(=O)c1ccccc1C2=O)S(=O)(=O)c1ccccc1. The number of rotatable bonds is 4. The van der Waals surface area contributed by atoms with E-state index in [2.05, 4.69) is 0 Å². The minimum absolute atomic E-state index is 0.0105. The van der Waals surface area contributed by atoms with Crippen molar-refractivity contribution in [3.05, 3.63) is 82.9 Å². The largest absolute Gasteiger partial charge is 0.397 e. The molecule has 9 nitrogen and oxygen atoms in total. The Hall–Kier alpha value is -3.54. The molecular formula is C21H16N2O7S2. The lowest BCUT2D eigenvalue weighted by Crippen LogP contribution is -2.32. The first kappa shape index (κ1) is 21.7. The van der Waals surface area contributed by atoms with E-state index in [0.29, 0.717) is 4.31 Å². The average Bonchev–Trinajstić information content (AvgIpc) is 2.76. The molecule has 1 aliphatic carbocycles. The number of nitrogens with zero attached hydrogens (tertiary/aromatic N) is 1.